The topological polar surface area (TPSA) is 127 Å². The largest absolute Gasteiger partial charge is 0.480 e. The van der Waals surface area contributed by atoms with E-state index in [0.717, 1.165) is 0 Å². The Balaban J connectivity index is 2.74. The summed E-state index contributed by atoms with van der Waals surface area (Å²) in [7, 11) is 1.66. The van der Waals surface area contributed by atoms with Crippen molar-refractivity contribution >= 4 is 17.8 Å². The van der Waals surface area contributed by atoms with Gasteiger partial charge < -0.3 is 16.2 Å². The van der Waals surface area contributed by atoms with Gasteiger partial charge in [0, 0.05) is 19.7 Å². The third kappa shape index (κ3) is 4.09. The smallest absolute Gasteiger partial charge is 0.326 e. The summed E-state index contributed by atoms with van der Waals surface area (Å²) < 4.78 is 1.46. The summed E-state index contributed by atoms with van der Waals surface area (Å²) in [6.45, 7) is 1.65. The average Bonchev–Trinajstić information content (AvgIpc) is 2.62. The zero-order chi connectivity index (χ0) is 14.6. The van der Waals surface area contributed by atoms with Gasteiger partial charge in [0.05, 0.1) is 11.3 Å². The number of amides is 2. The Morgan fingerprint density at radius 1 is 1.53 bits per heavy atom. The van der Waals surface area contributed by atoms with E-state index in [1.54, 1.807) is 14.0 Å². The monoisotopic (exact) mass is 268 g/mol. The maximum absolute atomic E-state index is 11.9. The van der Waals surface area contributed by atoms with Crippen LogP contribution in [0.15, 0.2) is 6.20 Å². The van der Waals surface area contributed by atoms with Crippen molar-refractivity contribution in [2.75, 3.05) is 0 Å². The van der Waals surface area contributed by atoms with Gasteiger partial charge in [0.15, 0.2) is 0 Å². The van der Waals surface area contributed by atoms with Crippen LogP contribution in [0.5, 0.6) is 0 Å². The lowest BCUT2D eigenvalue weighted by Crippen LogP contribution is -2.41. The van der Waals surface area contributed by atoms with E-state index in [-0.39, 0.29) is 12.8 Å². The Hall–Kier alpha value is -2.38. The Labute approximate surface area is 109 Å². The molecule has 19 heavy (non-hydrogen) atoms. The molecule has 0 fully saturated rings. The number of primary amides is 1. The molecule has 0 aliphatic rings. The van der Waals surface area contributed by atoms with Gasteiger partial charge in [-0.25, -0.2) is 4.79 Å². The fraction of sp³-hybridized carbons (Fsp3) is 0.455. The van der Waals surface area contributed by atoms with Crippen LogP contribution in [0.1, 0.15) is 28.9 Å². The second-order valence-electron chi connectivity index (χ2n) is 4.17. The molecule has 0 spiro atoms. The minimum Gasteiger partial charge on any atom is -0.480 e. The standard InChI is InChI=1S/C11H16N4O4/c1-6-7(5-15(2)14-6)10(17)13-8(11(18)19)3-4-9(12)16/h5,8H,3-4H2,1-2H3,(H2,12,16)(H,13,17)(H,18,19)/t8-/m1/s1. The third-order valence-electron chi connectivity index (χ3n) is 2.54. The number of carboxylic acids is 1. The maximum atomic E-state index is 11.9. The summed E-state index contributed by atoms with van der Waals surface area (Å²) in [5.41, 5.74) is 5.75. The lowest BCUT2D eigenvalue weighted by molar-refractivity contribution is -0.139. The molecule has 0 radical (unpaired) electrons. The minimum atomic E-state index is -1.21. The van der Waals surface area contributed by atoms with E-state index in [9.17, 15) is 14.4 Å². The van der Waals surface area contributed by atoms with Crippen molar-refractivity contribution < 1.29 is 19.5 Å². The van der Waals surface area contributed by atoms with E-state index < -0.39 is 23.8 Å². The highest BCUT2D eigenvalue weighted by Gasteiger charge is 2.22. The molecule has 1 aromatic rings. The summed E-state index contributed by atoms with van der Waals surface area (Å²) in [5, 5.41) is 15.3. The Morgan fingerprint density at radius 3 is 2.58 bits per heavy atom. The van der Waals surface area contributed by atoms with Crippen molar-refractivity contribution in [2.24, 2.45) is 12.8 Å². The Bertz CT molecular complexity index is 509. The number of carbonyl (C=O) groups is 3. The van der Waals surface area contributed by atoms with Crippen molar-refractivity contribution in [3.05, 3.63) is 17.5 Å². The number of carboxylic acid groups (broad SMARTS) is 1. The van der Waals surface area contributed by atoms with Gasteiger partial charge in [-0.05, 0) is 13.3 Å². The van der Waals surface area contributed by atoms with Crippen LogP contribution in [-0.4, -0.2) is 38.7 Å². The zero-order valence-corrected chi connectivity index (χ0v) is 10.7. The van der Waals surface area contributed by atoms with E-state index >= 15 is 0 Å². The van der Waals surface area contributed by atoms with Gasteiger partial charge in [-0.3, -0.25) is 14.3 Å². The lowest BCUT2D eigenvalue weighted by atomic mass is 10.1. The molecule has 1 aromatic heterocycles. The molecule has 0 aliphatic heterocycles. The van der Waals surface area contributed by atoms with Gasteiger partial charge in [0.2, 0.25) is 5.91 Å². The lowest BCUT2D eigenvalue weighted by Gasteiger charge is -2.13. The average molecular weight is 268 g/mol. The van der Waals surface area contributed by atoms with Crippen LogP contribution in [0, 0.1) is 6.92 Å². The first-order valence-electron chi connectivity index (χ1n) is 5.63. The van der Waals surface area contributed by atoms with Crippen LogP contribution in [0.3, 0.4) is 0 Å². The third-order valence-corrected chi connectivity index (χ3v) is 2.54. The number of nitrogens with zero attached hydrogens (tertiary/aromatic N) is 2. The van der Waals surface area contributed by atoms with E-state index in [4.69, 9.17) is 10.8 Å². The quantitative estimate of drug-likeness (QED) is 0.621. The summed E-state index contributed by atoms with van der Waals surface area (Å²) >= 11 is 0. The van der Waals surface area contributed by atoms with Crippen molar-refractivity contribution in [1.82, 2.24) is 15.1 Å². The number of hydrogen-bond acceptors (Lipinski definition) is 4. The maximum Gasteiger partial charge on any atom is 0.326 e. The van der Waals surface area contributed by atoms with Gasteiger partial charge in [0.1, 0.15) is 6.04 Å². The zero-order valence-electron chi connectivity index (χ0n) is 10.7. The molecule has 0 unspecified atom stereocenters. The molecule has 104 valence electrons. The molecule has 4 N–H and O–H groups in total. The fourth-order valence-corrected chi connectivity index (χ4v) is 1.60. The SMILES string of the molecule is Cc1nn(C)cc1C(=O)N[C@H](CCC(N)=O)C(=O)O. The number of nitrogens with one attached hydrogen (secondary N) is 1. The molecular formula is C11H16N4O4. The van der Waals surface area contributed by atoms with E-state index in [1.165, 1.54) is 10.9 Å². The van der Waals surface area contributed by atoms with Gasteiger partial charge in [-0.2, -0.15) is 5.10 Å². The van der Waals surface area contributed by atoms with Gasteiger partial charge in [-0.1, -0.05) is 0 Å². The summed E-state index contributed by atoms with van der Waals surface area (Å²) in [5.74, 6) is -2.36. The van der Waals surface area contributed by atoms with Crippen LogP contribution < -0.4 is 11.1 Å². The van der Waals surface area contributed by atoms with Crippen molar-refractivity contribution in [3.8, 4) is 0 Å². The van der Waals surface area contributed by atoms with Crippen molar-refractivity contribution in [1.29, 1.82) is 0 Å². The second-order valence-corrected chi connectivity index (χ2v) is 4.17. The molecule has 0 saturated carbocycles. The molecule has 0 bridgehead atoms. The predicted octanol–water partition coefficient (Wildman–Crippen LogP) is -0.823. The number of rotatable bonds is 6. The normalized spacial score (nSPS) is 11.9. The van der Waals surface area contributed by atoms with Gasteiger partial charge in [0.25, 0.3) is 5.91 Å². The molecule has 1 heterocycles. The highest BCUT2D eigenvalue weighted by molar-refractivity contribution is 5.97. The van der Waals surface area contributed by atoms with Crippen molar-refractivity contribution in [3.63, 3.8) is 0 Å². The first-order chi connectivity index (χ1) is 8.81. The van der Waals surface area contributed by atoms with Crippen LogP contribution in [-0.2, 0) is 16.6 Å². The molecular weight excluding hydrogens is 252 g/mol. The molecule has 2 amide bonds. The van der Waals surface area contributed by atoms with Crippen LogP contribution in [0.25, 0.3) is 0 Å². The van der Waals surface area contributed by atoms with Gasteiger partial charge in [-0.15, -0.1) is 0 Å². The number of aliphatic carboxylic acids is 1. The van der Waals surface area contributed by atoms with Crippen LogP contribution in [0.2, 0.25) is 0 Å². The van der Waals surface area contributed by atoms with Gasteiger partial charge >= 0.3 is 5.97 Å². The number of nitrogens with two attached hydrogens (primary N) is 1. The first kappa shape index (κ1) is 14.7. The minimum absolute atomic E-state index is 0.0459. The predicted molar refractivity (Wildman–Crippen MR) is 65.3 cm³/mol. The number of aromatic nitrogens is 2. The highest BCUT2D eigenvalue weighted by Crippen LogP contribution is 2.06. The molecule has 0 aliphatic carbocycles. The number of aryl methyl sites for hydroxylation is 2. The molecule has 8 heteroatoms. The Morgan fingerprint density at radius 2 is 2.16 bits per heavy atom. The number of hydrogen-bond donors (Lipinski definition) is 3. The van der Waals surface area contributed by atoms with E-state index in [1.807, 2.05) is 0 Å². The molecule has 8 nitrogen and oxygen atoms in total. The van der Waals surface area contributed by atoms with Crippen LogP contribution in [0.4, 0.5) is 0 Å². The first-order valence-corrected chi connectivity index (χ1v) is 5.63. The Kier molecular flexibility index (Phi) is 4.62. The summed E-state index contributed by atoms with van der Waals surface area (Å²) in [4.78, 5) is 33.5. The summed E-state index contributed by atoms with van der Waals surface area (Å²) in [6.07, 6.45) is 1.34. The molecule has 1 atom stereocenters. The molecule has 0 aromatic carbocycles. The molecule has 1 rings (SSSR count). The van der Waals surface area contributed by atoms with Crippen LogP contribution >= 0.6 is 0 Å². The van der Waals surface area contributed by atoms with E-state index in [0.29, 0.717) is 11.3 Å². The van der Waals surface area contributed by atoms with Crippen molar-refractivity contribution in [2.45, 2.75) is 25.8 Å². The second kappa shape index (κ2) is 5.98. The van der Waals surface area contributed by atoms with E-state index in [2.05, 4.69) is 10.4 Å². The molecule has 0 saturated heterocycles. The number of carbonyl (C=O) groups excluding carboxylic acids is 2. The summed E-state index contributed by atoms with van der Waals surface area (Å²) in [6, 6.07) is -1.15. The highest BCUT2D eigenvalue weighted by atomic mass is 16.4. The fourth-order valence-electron chi connectivity index (χ4n) is 1.60.